The highest BCUT2D eigenvalue weighted by molar-refractivity contribution is 5.83. The lowest BCUT2D eigenvalue weighted by Gasteiger charge is -2.14. The van der Waals surface area contributed by atoms with Crippen molar-refractivity contribution in [1.29, 1.82) is 5.26 Å². The first-order valence-corrected chi connectivity index (χ1v) is 8.19. The Labute approximate surface area is 146 Å². The Morgan fingerprint density at radius 3 is 2.60 bits per heavy atom. The molecule has 5 heteroatoms. The number of amides is 1. The molecule has 0 aliphatic carbocycles. The Balaban J connectivity index is 1.58. The maximum atomic E-state index is 11.8. The van der Waals surface area contributed by atoms with Gasteiger partial charge in [0.15, 0.2) is 0 Å². The van der Waals surface area contributed by atoms with Gasteiger partial charge in [-0.3, -0.25) is 9.59 Å². The summed E-state index contributed by atoms with van der Waals surface area (Å²) in [7, 11) is 0. The van der Waals surface area contributed by atoms with Crippen LogP contribution in [0.15, 0.2) is 48.5 Å². The molecule has 126 valence electrons. The average molecular weight is 334 g/mol. The highest BCUT2D eigenvalue weighted by Gasteiger charge is 2.22. The lowest BCUT2D eigenvalue weighted by Crippen LogP contribution is -2.31. The number of hydrogen-bond donors (Lipinski definition) is 0. The minimum absolute atomic E-state index is 0.0115. The van der Waals surface area contributed by atoms with Gasteiger partial charge in [-0.1, -0.05) is 42.5 Å². The Kier molecular flexibility index (Phi) is 5.10. The first kappa shape index (κ1) is 16.7. The van der Waals surface area contributed by atoms with Gasteiger partial charge in [0.1, 0.15) is 13.2 Å². The van der Waals surface area contributed by atoms with E-state index in [9.17, 15) is 14.9 Å². The topological polar surface area (TPSA) is 70.4 Å². The second-order valence-corrected chi connectivity index (χ2v) is 5.93. The summed E-state index contributed by atoms with van der Waals surface area (Å²) in [5, 5.41) is 9.18. The van der Waals surface area contributed by atoms with Crippen LogP contribution in [0.5, 0.6) is 0 Å². The van der Waals surface area contributed by atoms with Crippen molar-refractivity contribution in [3.8, 4) is 17.2 Å². The summed E-state index contributed by atoms with van der Waals surface area (Å²) in [5.41, 5.74) is 3.30. The Morgan fingerprint density at radius 1 is 1.16 bits per heavy atom. The molecule has 2 aromatic carbocycles. The van der Waals surface area contributed by atoms with Gasteiger partial charge < -0.3 is 9.64 Å². The molecule has 5 nitrogen and oxygen atoms in total. The van der Waals surface area contributed by atoms with Crippen molar-refractivity contribution >= 4 is 11.9 Å². The third kappa shape index (κ3) is 4.04. The van der Waals surface area contributed by atoms with Crippen LogP contribution in [-0.2, 0) is 20.9 Å². The SMILES string of the molecule is N#Cc1ccccc1-c1ccc(COC(=O)CN2CCCC2=O)cc1. The molecule has 0 N–H and O–H groups in total. The van der Waals surface area contributed by atoms with Crippen molar-refractivity contribution in [1.82, 2.24) is 4.90 Å². The van der Waals surface area contributed by atoms with E-state index in [0.717, 1.165) is 23.1 Å². The van der Waals surface area contributed by atoms with Gasteiger partial charge in [-0.15, -0.1) is 0 Å². The maximum Gasteiger partial charge on any atom is 0.325 e. The smallest absolute Gasteiger partial charge is 0.325 e. The second-order valence-electron chi connectivity index (χ2n) is 5.93. The number of carbonyl (C=O) groups excluding carboxylic acids is 2. The fourth-order valence-electron chi connectivity index (χ4n) is 2.85. The molecule has 1 amide bonds. The van der Waals surface area contributed by atoms with Crippen molar-refractivity contribution in [2.24, 2.45) is 0 Å². The number of esters is 1. The lowest BCUT2D eigenvalue weighted by molar-refractivity contribution is -0.149. The van der Waals surface area contributed by atoms with E-state index in [4.69, 9.17) is 4.74 Å². The summed E-state index contributed by atoms with van der Waals surface area (Å²) < 4.78 is 5.24. The molecular formula is C20H18N2O3. The minimum atomic E-state index is -0.394. The van der Waals surface area contributed by atoms with Gasteiger partial charge in [0.2, 0.25) is 5.91 Å². The van der Waals surface area contributed by atoms with E-state index >= 15 is 0 Å². The molecule has 0 spiro atoms. The van der Waals surface area contributed by atoms with Crippen molar-refractivity contribution < 1.29 is 14.3 Å². The van der Waals surface area contributed by atoms with E-state index in [1.54, 1.807) is 6.07 Å². The predicted octanol–water partition coefficient (Wildman–Crippen LogP) is 2.89. The molecule has 1 saturated heterocycles. The first-order chi connectivity index (χ1) is 12.2. The number of rotatable bonds is 5. The fourth-order valence-corrected chi connectivity index (χ4v) is 2.85. The summed E-state index contributed by atoms with van der Waals surface area (Å²) in [5.74, 6) is -0.383. The van der Waals surface area contributed by atoms with E-state index in [1.165, 1.54) is 4.90 Å². The first-order valence-electron chi connectivity index (χ1n) is 8.19. The zero-order valence-electron chi connectivity index (χ0n) is 13.8. The van der Waals surface area contributed by atoms with E-state index < -0.39 is 5.97 Å². The molecule has 1 heterocycles. The monoisotopic (exact) mass is 334 g/mol. The van der Waals surface area contributed by atoms with Crippen molar-refractivity contribution in [2.45, 2.75) is 19.4 Å². The summed E-state index contributed by atoms with van der Waals surface area (Å²) >= 11 is 0. The van der Waals surface area contributed by atoms with Crippen molar-refractivity contribution in [3.05, 3.63) is 59.7 Å². The van der Waals surface area contributed by atoms with Crippen LogP contribution in [0.3, 0.4) is 0 Å². The van der Waals surface area contributed by atoms with Crippen LogP contribution in [-0.4, -0.2) is 29.9 Å². The summed E-state index contributed by atoms with van der Waals surface area (Å²) in [6, 6.07) is 17.2. The van der Waals surface area contributed by atoms with Crippen LogP contribution in [0.25, 0.3) is 11.1 Å². The molecule has 1 fully saturated rings. The number of likely N-dealkylation sites (tertiary alicyclic amines) is 1. The number of hydrogen-bond acceptors (Lipinski definition) is 4. The Morgan fingerprint density at radius 2 is 1.92 bits per heavy atom. The Hall–Kier alpha value is -3.13. The van der Waals surface area contributed by atoms with Crippen LogP contribution < -0.4 is 0 Å². The van der Waals surface area contributed by atoms with Gasteiger partial charge in [-0.2, -0.15) is 5.26 Å². The number of nitriles is 1. The quantitative estimate of drug-likeness (QED) is 0.788. The standard InChI is InChI=1S/C20H18N2O3/c21-12-17-4-1-2-5-18(17)16-9-7-15(8-10-16)14-25-20(24)13-22-11-3-6-19(22)23/h1-2,4-5,7-10H,3,6,11,13-14H2. The van der Waals surface area contributed by atoms with Crippen molar-refractivity contribution in [2.75, 3.05) is 13.1 Å². The number of benzene rings is 2. The summed E-state index contributed by atoms with van der Waals surface area (Å²) in [6.45, 7) is 0.814. The normalized spacial score (nSPS) is 13.6. The highest BCUT2D eigenvalue weighted by Crippen LogP contribution is 2.23. The largest absolute Gasteiger partial charge is 0.459 e. The molecule has 1 aliphatic rings. The van der Waals surface area contributed by atoms with Crippen molar-refractivity contribution in [3.63, 3.8) is 0 Å². The molecule has 0 saturated carbocycles. The third-order valence-corrected chi connectivity index (χ3v) is 4.20. The molecule has 1 aliphatic heterocycles. The maximum absolute atomic E-state index is 11.8. The second kappa shape index (κ2) is 7.63. The minimum Gasteiger partial charge on any atom is -0.459 e. The van der Waals surface area contributed by atoms with Gasteiger partial charge in [-0.05, 0) is 29.2 Å². The van der Waals surface area contributed by atoms with Gasteiger partial charge in [0.05, 0.1) is 11.6 Å². The number of carbonyl (C=O) groups is 2. The Bertz CT molecular complexity index is 822. The third-order valence-electron chi connectivity index (χ3n) is 4.20. The number of nitrogens with zero attached hydrogens (tertiary/aromatic N) is 2. The van der Waals surface area contributed by atoms with Crippen LogP contribution in [0.4, 0.5) is 0 Å². The van der Waals surface area contributed by atoms with Crippen LogP contribution in [0.1, 0.15) is 24.0 Å². The van der Waals surface area contributed by atoms with E-state index in [1.807, 2.05) is 42.5 Å². The average Bonchev–Trinajstić information content (AvgIpc) is 3.05. The lowest BCUT2D eigenvalue weighted by atomic mass is 9.99. The predicted molar refractivity (Wildman–Crippen MR) is 92.2 cm³/mol. The molecule has 25 heavy (non-hydrogen) atoms. The zero-order chi connectivity index (χ0) is 17.6. The molecule has 2 aromatic rings. The molecule has 0 atom stereocenters. The van der Waals surface area contributed by atoms with Crippen LogP contribution in [0.2, 0.25) is 0 Å². The molecule has 0 radical (unpaired) electrons. The molecule has 0 bridgehead atoms. The van der Waals surface area contributed by atoms with E-state index in [-0.39, 0.29) is 19.1 Å². The van der Waals surface area contributed by atoms with Gasteiger partial charge in [-0.25, -0.2) is 0 Å². The van der Waals surface area contributed by atoms with Gasteiger partial charge in [0, 0.05) is 13.0 Å². The van der Waals surface area contributed by atoms with Crippen LogP contribution >= 0.6 is 0 Å². The molecular weight excluding hydrogens is 316 g/mol. The van der Waals surface area contributed by atoms with E-state index in [0.29, 0.717) is 18.5 Å². The molecule has 0 aromatic heterocycles. The highest BCUT2D eigenvalue weighted by atomic mass is 16.5. The summed E-state index contributed by atoms with van der Waals surface area (Å²) in [6.07, 6.45) is 1.32. The fraction of sp³-hybridized carbons (Fsp3) is 0.250. The number of ether oxygens (including phenoxy) is 1. The van der Waals surface area contributed by atoms with E-state index in [2.05, 4.69) is 6.07 Å². The van der Waals surface area contributed by atoms with Gasteiger partial charge >= 0.3 is 5.97 Å². The van der Waals surface area contributed by atoms with Gasteiger partial charge in [0.25, 0.3) is 0 Å². The summed E-state index contributed by atoms with van der Waals surface area (Å²) in [4.78, 5) is 24.9. The molecule has 0 unspecified atom stereocenters. The zero-order valence-corrected chi connectivity index (χ0v) is 13.8. The molecule has 3 rings (SSSR count). The van der Waals surface area contributed by atoms with Crippen LogP contribution in [0, 0.1) is 11.3 Å².